The first-order valence-electron chi connectivity index (χ1n) is 8.36. The van der Waals surface area contributed by atoms with E-state index in [0.717, 1.165) is 38.9 Å². The lowest BCUT2D eigenvalue weighted by atomic mass is 10.1. The van der Waals surface area contributed by atoms with Crippen LogP contribution in [-0.2, 0) is 23.1 Å². The van der Waals surface area contributed by atoms with Crippen LogP contribution >= 0.6 is 11.3 Å². The Hall–Kier alpha value is -1.22. The molecule has 6 nitrogen and oxygen atoms in total. The summed E-state index contributed by atoms with van der Waals surface area (Å²) in [5.41, 5.74) is 2.53. The van der Waals surface area contributed by atoms with Crippen molar-refractivity contribution in [1.82, 2.24) is 19.4 Å². The Labute approximate surface area is 146 Å². The molecule has 0 amide bonds. The van der Waals surface area contributed by atoms with Crippen LogP contribution in [0.3, 0.4) is 0 Å². The molecule has 0 radical (unpaired) electrons. The molecule has 0 unspecified atom stereocenters. The number of fused-ring (bicyclic) bond motifs is 1. The zero-order chi connectivity index (χ0) is 16.6. The topological polar surface area (TPSA) is 67.2 Å². The van der Waals surface area contributed by atoms with Crippen molar-refractivity contribution in [3.63, 3.8) is 0 Å². The van der Waals surface area contributed by atoms with Gasteiger partial charge in [0.05, 0.1) is 17.0 Å². The highest BCUT2D eigenvalue weighted by atomic mass is 32.2. The molecule has 0 saturated heterocycles. The summed E-state index contributed by atoms with van der Waals surface area (Å²) >= 11 is 1.72. The summed E-state index contributed by atoms with van der Waals surface area (Å²) in [6.45, 7) is 3.20. The van der Waals surface area contributed by atoms with E-state index in [1.54, 1.807) is 11.3 Å². The second kappa shape index (κ2) is 6.59. The van der Waals surface area contributed by atoms with E-state index in [-0.39, 0.29) is 11.3 Å². The summed E-state index contributed by atoms with van der Waals surface area (Å²) < 4.78 is 28.8. The maximum atomic E-state index is 12.0. The average molecular weight is 367 g/mol. The number of aromatic nitrogens is 2. The zero-order valence-corrected chi connectivity index (χ0v) is 15.1. The minimum absolute atomic E-state index is 0.154. The minimum Gasteiger partial charge on any atom is -0.291 e. The van der Waals surface area contributed by atoms with Crippen LogP contribution in [0.5, 0.6) is 0 Å². The maximum absolute atomic E-state index is 12.0. The van der Waals surface area contributed by atoms with Gasteiger partial charge in [-0.1, -0.05) is 0 Å². The molecule has 0 spiro atoms. The van der Waals surface area contributed by atoms with E-state index in [9.17, 15) is 8.42 Å². The van der Waals surface area contributed by atoms with Gasteiger partial charge in [-0.15, -0.1) is 0 Å². The Bertz CT molecular complexity index is 781. The van der Waals surface area contributed by atoms with Crippen LogP contribution in [-0.4, -0.2) is 41.4 Å². The molecular weight excluding hydrogens is 344 g/mol. The Morgan fingerprint density at radius 2 is 2.21 bits per heavy atom. The number of nitrogens with one attached hydrogen (secondary N) is 1. The fourth-order valence-electron chi connectivity index (χ4n) is 3.30. The number of thiophene rings is 1. The fourth-order valence-corrected chi connectivity index (χ4v) is 5.36. The molecule has 3 heterocycles. The highest BCUT2D eigenvalue weighted by Gasteiger charge is 2.35. The monoisotopic (exact) mass is 366 g/mol. The molecule has 0 bridgehead atoms. The van der Waals surface area contributed by atoms with Crippen LogP contribution in [0.2, 0.25) is 0 Å². The van der Waals surface area contributed by atoms with Crippen LogP contribution < -0.4 is 4.72 Å². The van der Waals surface area contributed by atoms with Crippen molar-refractivity contribution in [3.8, 4) is 0 Å². The van der Waals surface area contributed by atoms with Crippen LogP contribution in [0, 0.1) is 0 Å². The number of hydrogen-bond donors (Lipinski definition) is 1. The van der Waals surface area contributed by atoms with Gasteiger partial charge in [0, 0.05) is 32.4 Å². The maximum Gasteiger partial charge on any atom is 0.214 e. The third kappa shape index (κ3) is 3.56. The fraction of sp³-hybridized carbons (Fsp3) is 0.562. The van der Waals surface area contributed by atoms with Gasteiger partial charge in [-0.2, -0.15) is 16.4 Å². The van der Waals surface area contributed by atoms with Gasteiger partial charge in [0.15, 0.2) is 0 Å². The smallest absolute Gasteiger partial charge is 0.214 e. The Morgan fingerprint density at radius 1 is 1.33 bits per heavy atom. The van der Waals surface area contributed by atoms with Crippen molar-refractivity contribution in [1.29, 1.82) is 0 Å². The zero-order valence-electron chi connectivity index (χ0n) is 13.5. The van der Waals surface area contributed by atoms with Gasteiger partial charge < -0.3 is 0 Å². The molecule has 2 aliphatic rings. The molecule has 24 heavy (non-hydrogen) atoms. The predicted octanol–water partition coefficient (Wildman–Crippen LogP) is 1.97. The van der Waals surface area contributed by atoms with E-state index in [2.05, 4.69) is 42.3 Å². The third-order valence-corrected chi connectivity index (χ3v) is 7.37. The highest BCUT2D eigenvalue weighted by molar-refractivity contribution is 7.90. The summed E-state index contributed by atoms with van der Waals surface area (Å²) in [6.07, 6.45) is 4.21. The van der Waals surface area contributed by atoms with E-state index in [1.807, 2.05) is 6.20 Å². The summed E-state index contributed by atoms with van der Waals surface area (Å²) in [5.74, 6) is 0. The molecule has 1 aliphatic heterocycles. The van der Waals surface area contributed by atoms with Crippen molar-refractivity contribution in [2.75, 3.05) is 13.1 Å². The quantitative estimate of drug-likeness (QED) is 0.814. The normalized spacial score (nSPS) is 21.8. The molecule has 2 aromatic rings. The molecule has 8 heteroatoms. The highest BCUT2D eigenvalue weighted by Crippen LogP contribution is 2.28. The lowest BCUT2D eigenvalue weighted by Crippen LogP contribution is -2.39. The lowest BCUT2D eigenvalue weighted by molar-refractivity contribution is 0.162. The van der Waals surface area contributed by atoms with Crippen LogP contribution in [0.4, 0.5) is 0 Å². The summed E-state index contributed by atoms with van der Waals surface area (Å²) in [4.78, 5) is 2.42. The molecule has 1 aliphatic carbocycles. The van der Waals surface area contributed by atoms with Crippen LogP contribution in [0.15, 0.2) is 29.1 Å². The molecule has 4 rings (SSSR count). The van der Waals surface area contributed by atoms with Gasteiger partial charge in [0.1, 0.15) is 0 Å². The number of sulfonamides is 1. The Balaban J connectivity index is 1.39. The molecule has 1 saturated carbocycles. The van der Waals surface area contributed by atoms with E-state index < -0.39 is 10.0 Å². The molecule has 0 aromatic carbocycles. The van der Waals surface area contributed by atoms with Crippen molar-refractivity contribution in [2.45, 2.75) is 43.6 Å². The first-order chi connectivity index (χ1) is 11.6. The Kier molecular flexibility index (Phi) is 4.46. The average Bonchev–Trinajstić information content (AvgIpc) is 3.11. The second-order valence-corrected chi connectivity index (χ2v) is 9.47. The number of nitrogens with zero attached hydrogens (tertiary/aromatic N) is 3. The van der Waals surface area contributed by atoms with Crippen LogP contribution in [0.25, 0.3) is 0 Å². The lowest BCUT2D eigenvalue weighted by Gasteiger charge is -2.33. The van der Waals surface area contributed by atoms with Gasteiger partial charge in [-0.3, -0.25) is 9.58 Å². The van der Waals surface area contributed by atoms with E-state index >= 15 is 0 Å². The minimum atomic E-state index is -3.10. The molecule has 1 atom stereocenters. The van der Waals surface area contributed by atoms with Crippen molar-refractivity contribution < 1.29 is 8.42 Å². The van der Waals surface area contributed by atoms with Gasteiger partial charge in [0.25, 0.3) is 0 Å². The predicted molar refractivity (Wildman–Crippen MR) is 94.3 cm³/mol. The number of rotatable bonds is 7. The molecular formula is C16H22N4O2S2. The molecule has 130 valence electrons. The molecule has 1 N–H and O–H groups in total. The van der Waals surface area contributed by atoms with Crippen molar-refractivity contribution in [3.05, 3.63) is 40.3 Å². The number of hydrogen-bond acceptors (Lipinski definition) is 5. The van der Waals surface area contributed by atoms with Gasteiger partial charge in [-0.25, -0.2) is 13.1 Å². The summed E-state index contributed by atoms with van der Waals surface area (Å²) in [5, 5.41) is 8.58. The summed E-state index contributed by atoms with van der Waals surface area (Å²) in [6, 6.07) is 4.43. The largest absolute Gasteiger partial charge is 0.291 e. The van der Waals surface area contributed by atoms with Crippen LogP contribution in [0.1, 0.15) is 36.6 Å². The van der Waals surface area contributed by atoms with E-state index in [0.29, 0.717) is 6.54 Å². The van der Waals surface area contributed by atoms with Gasteiger partial charge in [-0.05, 0) is 47.7 Å². The van der Waals surface area contributed by atoms with Gasteiger partial charge >= 0.3 is 0 Å². The first-order valence-corrected chi connectivity index (χ1v) is 10.8. The van der Waals surface area contributed by atoms with Crippen molar-refractivity contribution in [2.24, 2.45) is 0 Å². The van der Waals surface area contributed by atoms with Crippen molar-refractivity contribution >= 4 is 21.4 Å². The second-order valence-electron chi connectivity index (χ2n) is 6.65. The standard InChI is InChI=1S/C16H22N4O2S2/c21-24(22,16-1-2-16)18-7-4-15-11-19(9-13-5-8-23-12-13)10-14-3-6-17-20(14)15/h3,5-6,8,12,15-16,18H,1-2,4,7,9-11H2/t15-/m0/s1. The first kappa shape index (κ1) is 16.3. The summed E-state index contributed by atoms with van der Waals surface area (Å²) in [7, 11) is -3.10. The van der Waals surface area contributed by atoms with E-state index in [4.69, 9.17) is 0 Å². The van der Waals surface area contributed by atoms with Gasteiger partial charge in [0.2, 0.25) is 10.0 Å². The molecule has 2 aromatic heterocycles. The molecule has 1 fully saturated rings. The van der Waals surface area contributed by atoms with E-state index in [1.165, 1.54) is 11.3 Å². The Morgan fingerprint density at radius 3 is 2.96 bits per heavy atom. The SMILES string of the molecule is O=S(=O)(NCC[C@H]1CN(Cc2ccsc2)Cc2ccnn21)C1CC1. The third-order valence-electron chi connectivity index (χ3n) is 4.68.